The lowest BCUT2D eigenvalue weighted by Gasteiger charge is -2.29. The number of hydrogen-bond acceptors (Lipinski definition) is 3. The first-order valence-electron chi connectivity index (χ1n) is 17.6. The van der Waals surface area contributed by atoms with E-state index in [1.807, 2.05) is 83.9 Å². The second-order valence-corrected chi connectivity index (χ2v) is 13.3. The zero-order valence-electron chi connectivity index (χ0n) is 27.8. The SMILES string of the molecule is CC1CCCCCCC(Cn2nnc3c2-c2ccccc2CN(C(=O)CC2=C/C=C\C=C/C=C\C=C/C=C\2)c2ccccc2-3)CCC1. The van der Waals surface area contributed by atoms with Crippen LogP contribution in [0.2, 0.25) is 0 Å². The molecule has 1 aromatic heterocycles. The monoisotopic (exact) mass is 624 g/mol. The molecule has 1 aliphatic heterocycles. The number of carbonyl (C=O) groups excluding carboxylic acids is 1. The van der Waals surface area contributed by atoms with Crippen LogP contribution in [0.1, 0.15) is 76.7 Å². The Kier molecular flexibility index (Phi) is 11.3. The number of carbonyl (C=O) groups is 1. The summed E-state index contributed by atoms with van der Waals surface area (Å²) < 4.78 is 2.18. The lowest BCUT2D eigenvalue weighted by atomic mass is 9.92. The van der Waals surface area contributed by atoms with E-state index in [2.05, 4.69) is 48.0 Å². The predicted octanol–water partition coefficient (Wildman–Crippen LogP) is 10.3. The van der Waals surface area contributed by atoms with Gasteiger partial charge >= 0.3 is 0 Å². The minimum atomic E-state index is 0.0468. The molecule has 2 aromatic carbocycles. The van der Waals surface area contributed by atoms with E-state index in [1.54, 1.807) is 0 Å². The van der Waals surface area contributed by atoms with Crippen LogP contribution >= 0.6 is 0 Å². The summed E-state index contributed by atoms with van der Waals surface area (Å²) in [7, 11) is 0. The molecule has 2 heterocycles. The van der Waals surface area contributed by atoms with Crippen molar-refractivity contribution in [3.05, 3.63) is 127 Å². The van der Waals surface area contributed by atoms with Gasteiger partial charge in [0.05, 0.1) is 24.3 Å². The maximum absolute atomic E-state index is 14.3. The van der Waals surface area contributed by atoms with Crippen molar-refractivity contribution in [2.24, 2.45) is 11.8 Å². The van der Waals surface area contributed by atoms with Crippen molar-refractivity contribution < 1.29 is 4.79 Å². The van der Waals surface area contributed by atoms with Gasteiger partial charge in [-0.2, -0.15) is 0 Å². The van der Waals surface area contributed by atoms with Crippen LogP contribution in [0.25, 0.3) is 22.5 Å². The van der Waals surface area contributed by atoms with Crippen LogP contribution in [-0.2, 0) is 17.9 Å². The molecule has 1 saturated carbocycles. The highest BCUT2D eigenvalue weighted by atomic mass is 16.2. The average molecular weight is 625 g/mol. The largest absolute Gasteiger partial charge is 0.307 e. The highest BCUT2D eigenvalue weighted by Gasteiger charge is 2.29. The Bertz CT molecular complexity index is 1700. The number of amides is 1. The minimum Gasteiger partial charge on any atom is -0.307 e. The number of hydrogen-bond donors (Lipinski definition) is 0. The van der Waals surface area contributed by atoms with E-state index in [4.69, 9.17) is 10.3 Å². The fraction of sp³-hybridized carbons (Fsp3) is 0.357. The molecule has 242 valence electrons. The van der Waals surface area contributed by atoms with Gasteiger partial charge in [0.1, 0.15) is 5.69 Å². The van der Waals surface area contributed by atoms with Gasteiger partial charge in [-0.15, -0.1) is 5.10 Å². The fourth-order valence-electron chi connectivity index (χ4n) is 7.17. The zero-order valence-corrected chi connectivity index (χ0v) is 27.8. The second-order valence-electron chi connectivity index (χ2n) is 13.3. The fourth-order valence-corrected chi connectivity index (χ4v) is 7.17. The van der Waals surface area contributed by atoms with E-state index in [0.29, 0.717) is 12.5 Å². The summed E-state index contributed by atoms with van der Waals surface area (Å²) in [6.07, 6.45) is 34.0. The third-order valence-corrected chi connectivity index (χ3v) is 9.75. The molecular formula is C42H48N4O. The van der Waals surface area contributed by atoms with Crippen LogP contribution in [0.5, 0.6) is 0 Å². The van der Waals surface area contributed by atoms with E-state index in [0.717, 1.165) is 51.8 Å². The third kappa shape index (κ3) is 8.45. The Morgan fingerprint density at radius 2 is 1.40 bits per heavy atom. The molecule has 3 aliphatic rings. The molecule has 2 atom stereocenters. The standard InChI is InChI=1S/C42H48N4O/c1-33-20-11-9-10-14-24-35(25-19-21-33)31-46-42-37-27-16-15-26-36(37)32-45(39-29-18-17-28-38(39)41(42)43-44-46)40(47)30-34-22-12-7-5-3-2-4-6-8-13-23-34/h2-8,12-13,15-18,22-23,26-29,33,35H,9-11,14,19-21,24-25,30-32H2,1H3/b3-2-,4-2?,5-3?,6-4-,7-5-,8-6?,12-7?,13-8-,22-12-,23-13?,34-22?,34-23+. The van der Waals surface area contributed by atoms with Gasteiger partial charge in [-0.25, -0.2) is 4.68 Å². The summed E-state index contributed by atoms with van der Waals surface area (Å²) in [4.78, 5) is 16.2. The van der Waals surface area contributed by atoms with Crippen molar-refractivity contribution in [3.63, 3.8) is 0 Å². The summed E-state index contributed by atoms with van der Waals surface area (Å²) in [5, 5.41) is 9.70. The van der Waals surface area contributed by atoms with Gasteiger partial charge in [0.15, 0.2) is 0 Å². The molecular weight excluding hydrogens is 576 g/mol. The van der Waals surface area contributed by atoms with Gasteiger partial charge < -0.3 is 4.90 Å². The second kappa shape index (κ2) is 16.4. The first-order chi connectivity index (χ1) is 23.2. The third-order valence-electron chi connectivity index (χ3n) is 9.75. The summed E-state index contributed by atoms with van der Waals surface area (Å²) in [6.45, 7) is 3.79. The Hall–Kier alpha value is -4.51. The molecule has 6 rings (SSSR count). The van der Waals surface area contributed by atoms with Crippen LogP contribution in [-0.4, -0.2) is 20.9 Å². The predicted molar refractivity (Wildman–Crippen MR) is 195 cm³/mol. The number of anilines is 1. The molecule has 0 radical (unpaired) electrons. The van der Waals surface area contributed by atoms with Gasteiger partial charge in [-0.05, 0) is 41.9 Å². The van der Waals surface area contributed by atoms with Gasteiger partial charge in [0.2, 0.25) is 5.91 Å². The average Bonchev–Trinajstić information content (AvgIpc) is 3.46. The van der Waals surface area contributed by atoms with Crippen molar-refractivity contribution in [2.75, 3.05) is 4.90 Å². The van der Waals surface area contributed by atoms with Crippen molar-refractivity contribution in [2.45, 2.75) is 84.2 Å². The highest BCUT2D eigenvalue weighted by molar-refractivity contribution is 6.01. The normalized spacial score (nSPS) is 24.9. The smallest absolute Gasteiger partial charge is 0.231 e. The lowest BCUT2D eigenvalue weighted by Crippen LogP contribution is -2.32. The molecule has 0 N–H and O–H groups in total. The number of allylic oxidation sites excluding steroid dienone is 11. The van der Waals surface area contributed by atoms with Crippen LogP contribution in [0.3, 0.4) is 0 Å². The van der Waals surface area contributed by atoms with Crippen LogP contribution in [0.4, 0.5) is 5.69 Å². The Morgan fingerprint density at radius 1 is 0.745 bits per heavy atom. The van der Waals surface area contributed by atoms with Crippen molar-refractivity contribution in [1.29, 1.82) is 0 Å². The number of nitrogens with zero attached hydrogens (tertiary/aromatic N) is 4. The highest BCUT2D eigenvalue weighted by Crippen LogP contribution is 2.42. The summed E-state index contributed by atoms with van der Waals surface area (Å²) in [5.41, 5.74) is 6.94. The molecule has 1 amide bonds. The van der Waals surface area contributed by atoms with Gasteiger partial charge in [0.25, 0.3) is 0 Å². The quantitative estimate of drug-likeness (QED) is 0.290. The number of para-hydroxylation sites is 1. The molecule has 5 nitrogen and oxygen atoms in total. The van der Waals surface area contributed by atoms with E-state index in [9.17, 15) is 4.79 Å². The van der Waals surface area contributed by atoms with Crippen molar-refractivity contribution in [3.8, 4) is 22.5 Å². The Morgan fingerprint density at radius 3 is 2.23 bits per heavy atom. The summed E-state index contributed by atoms with van der Waals surface area (Å²) >= 11 is 0. The number of aromatic nitrogens is 3. The van der Waals surface area contributed by atoms with Gasteiger partial charge in [0, 0.05) is 17.7 Å². The summed E-state index contributed by atoms with van der Waals surface area (Å²) in [5.74, 6) is 1.45. The lowest BCUT2D eigenvalue weighted by molar-refractivity contribution is -0.118. The molecule has 0 saturated heterocycles. The molecule has 1 fully saturated rings. The number of benzene rings is 2. The molecule has 0 bridgehead atoms. The number of rotatable bonds is 4. The van der Waals surface area contributed by atoms with Crippen molar-refractivity contribution >= 4 is 11.6 Å². The first kappa shape index (κ1) is 32.4. The maximum Gasteiger partial charge on any atom is 0.231 e. The zero-order chi connectivity index (χ0) is 32.3. The maximum atomic E-state index is 14.3. The van der Waals surface area contributed by atoms with Gasteiger partial charge in [-0.3, -0.25) is 4.79 Å². The van der Waals surface area contributed by atoms with Crippen LogP contribution < -0.4 is 4.90 Å². The Labute approximate surface area is 280 Å². The first-order valence-corrected chi connectivity index (χ1v) is 17.6. The Balaban J connectivity index is 1.33. The van der Waals surface area contributed by atoms with E-state index in [-0.39, 0.29) is 12.3 Å². The minimum absolute atomic E-state index is 0.0468. The topological polar surface area (TPSA) is 51.0 Å². The van der Waals surface area contributed by atoms with Crippen molar-refractivity contribution in [1.82, 2.24) is 15.0 Å². The summed E-state index contributed by atoms with van der Waals surface area (Å²) in [6, 6.07) is 16.7. The van der Waals surface area contributed by atoms with E-state index in [1.165, 1.54) is 57.8 Å². The van der Waals surface area contributed by atoms with E-state index < -0.39 is 0 Å². The van der Waals surface area contributed by atoms with Gasteiger partial charge in [-0.1, -0.05) is 166 Å². The van der Waals surface area contributed by atoms with Crippen LogP contribution in [0, 0.1) is 11.8 Å². The van der Waals surface area contributed by atoms with E-state index >= 15 is 0 Å². The molecule has 3 aromatic rings. The molecule has 0 spiro atoms. The molecule has 47 heavy (non-hydrogen) atoms. The van der Waals surface area contributed by atoms with Crippen LogP contribution in [0.15, 0.2) is 121 Å². The molecule has 2 unspecified atom stereocenters. The molecule has 2 aliphatic carbocycles. The number of fused-ring (bicyclic) bond motifs is 5. The molecule has 5 heteroatoms.